The van der Waals surface area contributed by atoms with Crippen LogP contribution in [0.15, 0.2) is 0 Å². The van der Waals surface area contributed by atoms with Gasteiger partial charge in [-0.1, -0.05) is 33.1 Å². The Hall–Kier alpha value is -0.410. The number of hydrogen-bond donors (Lipinski definition) is 0. The Bertz CT molecular complexity index is 169. The van der Waals surface area contributed by atoms with Crippen molar-refractivity contribution < 1.29 is 14.3 Å². The number of carbonyl (C=O) groups is 1. The molecule has 0 saturated carbocycles. The maximum Gasteiger partial charge on any atom is 0.135 e. The molecule has 0 aliphatic heterocycles. The van der Waals surface area contributed by atoms with Crippen molar-refractivity contribution in [1.29, 1.82) is 0 Å². The standard InChI is InChI=1S/C14H28O3/c1-3-5-7-8-14(15)9-11-17-13-12-16-10-6-4-2/h3-13H2,1-2H3. The van der Waals surface area contributed by atoms with Crippen molar-refractivity contribution in [3.05, 3.63) is 0 Å². The van der Waals surface area contributed by atoms with Gasteiger partial charge in [0, 0.05) is 19.4 Å². The van der Waals surface area contributed by atoms with E-state index in [1.165, 1.54) is 6.42 Å². The molecule has 0 radical (unpaired) electrons. The smallest absolute Gasteiger partial charge is 0.135 e. The van der Waals surface area contributed by atoms with Crippen LogP contribution in [0.3, 0.4) is 0 Å². The molecule has 102 valence electrons. The molecule has 0 fully saturated rings. The first-order valence-corrected chi connectivity index (χ1v) is 6.98. The summed E-state index contributed by atoms with van der Waals surface area (Å²) in [5, 5.41) is 0. The van der Waals surface area contributed by atoms with Crippen LogP contribution in [0, 0.1) is 0 Å². The van der Waals surface area contributed by atoms with Crippen LogP contribution in [0.4, 0.5) is 0 Å². The molecule has 0 rings (SSSR count). The van der Waals surface area contributed by atoms with Gasteiger partial charge in [0.15, 0.2) is 0 Å². The normalized spacial score (nSPS) is 10.7. The lowest BCUT2D eigenvalue weighted by Crippen LogP contribution is -2.09. The first kappa shape index (κ1) is 16.6. The molecule has 0 aromatic heterocycles. The summed E-state index contributed by atoms with van der Waals surface area (Å²) in [6.07, 6.45) is 6.87. The predicted octanol–water partition coefficient (Wildman–Crippen LogP) is 3.36. The lowest BCUT2D eigenvalue weighted by atomic mass is 10.1. The van der Waals surface area contributed by atoms with Crippen LogP contribution in [0.1, 0.15) is 58.8 Å². The van der Waals surface area contributed by atoms with E-state index in [-0.39, 0.29) is 0 Å². The summed E-state index contributed by atoms with van der Waals surface area (Å²) in [7, 11) is 0. The minimum atomic E-state index is 0.324. The third kappa shape index (κ3) is 13.5. The van der Waals surface area contributed by atoms with Gasteiger partial charge < -0.3 is 9.47 Å². The molecule has 17 heavy (non-hydrogen) atoms. The fourth-order valence-corrected chi connectivity index (χ4v) is 1.45. The summed E-state index contributed by atoms with van der Waals surface area (Å²) in [6.45, 7) is 6.89. The molecule has 0 aromatic rings. The van der Waals surface area contributed by atoms with E-state index in [0.29, 0.717) is 38.4 Å². The number of unbranched alkanes of at least 4 members (excludes halogenated alkanes) is 3. The molecule has 0 unspecified atom stereocenters. The van der Waals surface area contributed by atoms with Crippen LogP contribution in [-0.2, 0) is 14.3 Å². The molecular formula is C14H28O3. The van der Waals surface area contributed by atoms with E-state index in [1.807, 2.05) is 0 Å². The van der Waals surface area contributed by atoms with E-state index < -0.39 is 0 Å². The number of ketones is 1. The monoisotopic (exact) mass is 244 g/mol. The Labute approximate surface area is 106 Å². The largest absolute Gasteiger partial charge is 0.379 e. The SMILES string of the molecule is CCCCCC(=O)CCOCCOCCCC. The van der Waals surface area contributed by atoms with Crippen LogP contribution in [0.2, 0.25) is 0 Å². The molecule has 0 saturated heterocycles. The van der Waals surface area contributed by atoms with Crippen molar-refractivity contribution >= 4 is 5.78 Å². The highest BCUT2D eigenvalue weighted by molar-refractivity contribution is 5.78. The average Bonchev–Trinajstić information content (AvgIpc) is 2.33. The summed E-state index contributed by atoms with van der Waals surface area (Å²) >= 11 is 0. The second-order valence-corrected chi connectivity index (χ2v) is 4.32. The lowest BCUT2D eigenvalue weighted by Gasteiger charge is -2.05. The molecule has 0 N–H and O–H groups in total. The minimum absolute atomic E-state index is 0.324. The Morgan fingerprint density at radius 2 is 1.41 bits per heavy atom. The van der Waals surface area contributed by atoms with Crippen LogP contribution in [0.5, 0.6) is 0 Å². The summed E-state index contributed by atoms with van der Waals surface area (Å²) in [4.78, 5) is 11.4. The topological polar surface area (TPSA) is 35.5 Å². The van der Waals surface area contributed by atoms with Gasteiger partial charge in [0.1, 0.15) is 5.78 Å². The first-order chi connectivity index (χ1) is 8.31. The quantitative estimate of drug-likeness (QED) is 0.466. The third-order valence-electron chi connectivity index (χ3n) is 2.60. The van der Waals surface area contributed by atoms with Crippen LogP contribution in [-0.4, -0.2) is 32.2 Å². The number of carbonyl (C=O) groups excluding carboxylic acids is 1. The van der Waals surface area contributed by atoms with E-state index in [0.717, 1.165) is 32.3 Å². The Morgan fingerprint density at radius 3 is 2.06 bits per heavy atom. The molecule has 0 bridgehead atoms. The lowest BCUT2D eigenvalue weighted by molar-refractivity contribution is -0.120. The fourth-order valence-electron chi connectivity index (χ4n) is 1.45. The summed E-state index contributed by atoms with van der Waals surface area (Å²) in [6, 6.07) is 0. The number of hydrogen-bond acceptors (Lipinski definition) is 3. The van der Waals surface area contributed by atoms with Crippen molar-refractivity contribution in [2.75, 3.05) is 26.4 Å². The van der Waals surface area contributed by atoms with Gasteiger partial charge >= 0.3 is 0 Å². The van der Waals surface area contributed by atoms with E-state index in [4.69, 9.17) is 9.47 Å². The van der Waals surface area contributed by atoms with E-state index in [9.17, 15) is 4.79 Å². The molecule has 0 spiro atoms. The zero-order chi connectivity index (χ0) is 12.8. The van der Waals surface area contributed by atoms with Gasteiger partial charge in [-0.3, -0.25) is 4.79 Å². The van der Waals surface area contributed by atoms with Crippen molar-refractivity contribution in [2.24, 2.45) is 0 Å². The Balaban J connectivity index is 3.08. The van der Waals surface area contributed by atoms with Gasteiger partial charge in [0.2, 0.25) is 0 Å². The van der Waals surface area contributed by atoms with Gasteiger partial charge in [-0.25, -0.2) is 0 Å². The minimum Gasteiger partial charge on any atom is -0.379 e. The first-order valence-electron chi connectivity index (χ1n) is 6.98. The number of Topliss-reactive ketones (excluding diaryl/α,β-unsaturated/α-hetero) is 1. The Kier molecular flexibility index (Phi) is 13.3. The molecule has 3 heteroatoms. The maximum absolute atomic E-state index is 11.4. The average molecular weight is 244 g/mol. The van der Waals surface area contributed by atoms with Crippen molar-refractivity contribution in [1.82, 2.24) is 0 Å². The van der Waals surface area contributed by atoms with Crippen molar-refractivity contribution in [3.8, 4) is 0 Å². The van der Waals surface area contributed by atoms with Crippen molar-refractivity contribution in [2.45, 2.75) is 58.8 Å². The third-order valence-corrected chi connectivity index (χ3v) is 2.60. The summed E-state index contributed by atoms with van der Waals surface area (Å²) in [5.74, 6) is 0.324. The molecule has 0 aromatic carbocycles. The Morgan fingerprint density at radius 1 is 0.765 bits per heavy atom. The molecule has 0 aliphatic rings. The van der Waals surface area contributed by atoms with Gasteiger partial charge in [-0.05, 0) is 12.8 Å². The van der Waals surface area contributed by atoms with Crippen LogP contribution >= 0.6 is 0 Å². The highest BCUT2D eigenvalue weighted by Gasteiger charge is 2.01. The van der Waals surface area contributed by atoms with E-state index >= 15 is 0 Å². The van der Waals surface area contributed by atoms with Crippen molar-refractivity contribution in [3.63, 3.8) is 0 Å². The van der Waals surface area contributed by atoms with Gasteiger partial charge in [0.05, 0.1) is 19.8 Å². The highest BCUT2D eigenvalue weighted by atomic mass is 16.5. The summed E-state index contributed by atoms with van der Waals surface area (Å²) in [5.41, 5.74) is 0. The van der Waals surface area contributed by atoms with Crippen LogP contribution < -0.4 is 0 Å². The molecule has 3 nitrogen and oxygen atoms in total. The van der Waals surface area contributed by atoms with E-state index in [2.05, 4.69) is 13.8 Å². The molecular weight excluding hydrogens is 216 g/mol. The maximum atomic E-state index is 11.4. The fraction of sp³-hybridized carbons (Fsp3) is 0.929. The number of rotatable bonds is 13. The second kappa shape index (κ2) is 13.7. The molecule has 0 aliphatic carbocycles. The molecule has 0 heterocycles. The highest BCUT2D eigenvalue weighted by Crippen LogP contribution is 2.01. The summed E-state index contributed by atoms with van der Waals surface area (Å²) < 4.78 is 10.7. The molecule has 0 amide bonds. The van der Waals surface area contributed by atoms with Gasteiger partial charge in [-0.2, -0.15) is 0 Å². The van der Waals surface area contributed by atoms with Gasteiger partial charge in [0.25, 0.3) is 0 Å². The second-order valence-electron chi connectivity index (χ2n) is 4.32. The molecule has 0 atom stereocenters. The predicted molar refractivity (Wildman–Crippen MR) is 70.3 cm³/mol. The zero-order valence-corrected chi connectivity index (χ0v) is 11.5. The van der Waals surface area contributed by atoms with Crippen LogP contribution in [0.25, 0.3) is 0 Å². The van der Waals surface area contributed by atoms with E-state index in [1.54, 1.807) is 0 Å². The van der Waals surface area contributed by atoms with Gasteiger partial charge in [-0.15, -0.1) is 0 Å². The number of ether oxygens (including phenoxy) is 2. The zero-order valence-electron chi connectivity index (χ0n) is 11.5.